The second kappa shape index (κ2) is 6.46. The van der Waals surface area contributed by atoms with Crippen molar-refractivity contribution in [3.05, 3.63) is 39.7 Å². The fourth-order valence-corrected chi connectivity index (χ4v) is 4.35. The maximum atomic E-state index is 15.6. The number of carboxylic acids is 1. The predicted octanol–water partition coefficient (Wildman–Crippen LogP) is 1.44. The minimum atomic E-state index is -1.53. The van der Waals surface area contributed by atoms with Crippen molar-refractivity contribution in [2.45, 2.75) is 30.8 Å². The number of carbonyl (C=O) groups is 1. The van der Waals surface area contributed by atoms with Gasteiger partial charge in [-0.15, -0.1) is 0 Å². The van der Waals surface area contributed by atoms with E-state index in [1.165, 1.54) is 4.90 Å². The standard InChI is InChI=1S/C19H18F3N3O4/c20-10-4-13(10)25-5-9(19(27)28)18(26)8-3-11(21)17(15(22)16(8)25)24-6-12-14(7-24)29-2-1-23-12/h3,5,10,12-14,23H,1-2,4,6-7H2,(H,27,28)/t10-,12-,13+,14+/m0/s1. The predicted molar refractivity (Wildman–Crippen MR) is 97.4 cm³/mol. The number of halogens is 3. The van der Waals surface area contributed by atoms with Gasteiger partial charge in [-0.1, -0.05) is 0 Å². The van der Waals surface area contributed by atoms with Gasteiger partial charge in [-0.2, -0.15) is 0 Å². The number of ether oxygens (including phenoxy) is 1. The number of pyridine rings is 1. The second-order valence-electron chi connectivity index (χ2n) is 7.70. The van der Waals surface area contributed by atoms with Gasteiger partial charge in [0.15, 0.2) is 5.82 Å². The van der Waals surface area contributed by atoms with Gasteiger partial charge in [0.25, 0.3) is 0 Å². The van der Waals surface area contributed by atoms with Crippen LogP contribution in [0.2, 0.25) is 0 Å². The normalized spacial score (nSPS) is 28.6. The summed E-state index contributed by atoms with van der Waals surface area (Å²) in [5.41, 5.74) is -2.23. The van der Waals surface area contributed by atoms with Gasteiger partial charge in [0.2, 0.25) is 5.43 Å². The zero-order valence-corrected chi connectivity index (χ0v) is 15.2. The quantitative estimate of drug-likeness (QED) is 0.798. The Morgan fingerprint density at radius 2 is 2.07 bits per heavy atom. The number of carboxylic acid groups (broad SMARTS) is 1. The maximum Gasteiger partial charge on any atom is 0.341 e. The lowest BCUT2D eigenvalue weighted by Gasteiger charge is -2.25. The van der Waals surface area contributed by atoms with Crippen molar-refractivity contribution in [1.82, 2.24) is 9.88 Å². The van der Waals surface area contributed by atoms with E-state index in [9.17, 15) is 23.5 Å². The van der Waals surface area contributed by atoms with E-state index >= 15 is 4.39 Å². The first-order chi connectivity index (χ1) is 13.9. The van der Waals surface area contributed by atoms with E-state index < -0.39 is 46.2 Å². The molecule has 7 nitrogen and oxygen atoms in total. The van der Waals surface area contributed by atoms with Gasteiger partial charge < -0.3 is 24.6 Å². The van der Waals surface area contributed by atoms with Gasteiger partial charge in [0.05, 0.1) is 35.7 Å². The van der Waals surface area contributed by atoms with Crippen molar-refractivity contribution >= 4 is 22.6 Å². The summed E-state index contributed by atoms with van der Waals surface area (Å²) < 4.78 is 51.0. The number of nitrogens with one attached hydrogen (secondary N) is 1. The molecule has 0 amide bonds. The third-order valence-electron chi connectivity index (χ3n) is 5.88. The van der Waals surface area contributed by atoms with Crippen molar-refractivity contribution < 1.29 is 27.8 Å². The van der Waals surface area contributed by atoms with E-state index in [4.69, 9.17) is 4.74 Å². The first kappa shape index (κ1) is 18.4. The van der Waals surface area contributed by atoms with Gasteiger partial charge in [-0.25, -0.2) is 18.0 Å². The molecule has 154 valence electrons. The van der Waals surface area contributed by atoms with Gasteiger partial charge in [-0.05, 0) is 6.07 Å². The molecule has 1 aliphatic carbocycles. The molecule has 5 rings (SSSR count). The van der Waals surface area contributed by atoms with Gasteiger partial charge in [0, 0.05) is 32.3 Å². The molecular weight excluding hydrogens is 391 g/mol. The zero-order chi connectivity index (χ0) is 20.4. The van der Waals surface area contributed by atoms with E-state index in [2.05, 4.69) is 5.32 Å². The van der Waals surface area contributed by atoms with Crippen molar-refractivity contribution in [2.24, 2.45) is 0 Å². The Balaban J connectivity index is 1.70. The maximum absolute atomic E-state index is 15.6. The van der Waals surface area contributed by atoms with Gasteiger partial charge in [-0.3, -0.25) is 4.79 Å². The van der Waals surface area contributed by atoms with Crippen molar-refractivity contribution in [1.29, 1.82) is 0 Å². The number of alkyl halides is 1. The third-order valence-corrected chi connectivity index (χ3v) is 5.88. The molecule has 3 fully saturated rings. The Hall–Kier alpha value is -2.59. The number of aromatic carboxylic acids is 1. The van der Waals surface area contributed by atoms with Crippen LogP contribution in [0.1, 0.15) is 22.8 Å². The number of anilines is 1. The lowest BCUT2D eigenvalue weighted by atomic mass is 10.1. The molecule has 4 atom stereocenters. The summed E-state index contributed by atoms with van der Waals surface area (Å²) in [4.78, 5) is 25.4. The molecule has 0 unspecified atom stereocenters. The van der Waals surface area contributed by atoms with Crippen LogP contribution in [0.3, 0.4) is 0 Å². The number of rotatable bonds is 3. The van der Waals surface area contributed by atoms with Gasteiger partial charge >= 0.3 is 5.97 Å². The Morgan fingerprint density at radius 1 is 1.31 bits per heavy atom. The molecular formula is C19H18F3N3O4. The van der Waals surface area contributed by atoms with E-state index in [1.807, 2.05) is 0 Å². The largest absolute Gasteiger partial charge is 0.477 e. The van der Waals surface area contributed by atoms with Crippen molar-refractivity contribution in [3.8, 4) is 0 Å². The average molecular weight is 409 g/mol. The summed E-state index contributed by atoms with van der Waals surface area (Å²) in [6, 6.07) is -0.00565. The highest BCUT2D eigenvalue weighted by atomic mass is 19.1. The van der Waals surface area contributed by atoms with Crippen LogP contribution in [-0.2, 0) is 4.74 Å². The number of morpholine rings is 1. The number of hydrogen-bond donors (Lipinski definition) is 2. The summed E-state index contributed by atoms with van der Waals surface area (Å²) in [5, 5.41) is 12.1. The molecule has 29 heavy (non-hydrogen) atoms. The minimum Gasteiger partial charge on any atom is -0.477 e. The molecule has 2 aromatic rings. The van der Waals surface area contributed by atoms with E-state index in [-0.39, 0.29) is 36.3 Å². The Kier molecular flexibility index (Phi) is 4.11. The number of fused-ring (bicyclic) bond motifs is 2. The van der Waals surface area contributed by atoms with E-state index in [0.717, 1.165) is 16.8 Å². The zero-order valence-electron chi connectivity index (χ0n) is 15.2. The summed E-state index contributed by atoms with van der Waals surface area (Å²) in [6.45, 7) is 1.74. The Morgan fingerprint density at radius 3 is 2.72 bits per heavy atom. The van der Waals surface area contributed by atoms with Crippen LogP contribution in [-0.4, -0.2) is 60.2 Å². The molecule has 1 aromatic carbocycles. The molecule has 0 bridgehead atoms. The van der Waals surface area contributed by atoms with Crippen LogP contribution in [0.15, 0.2) is 17.1 Å². The molecule has 2 saturated heterocycles. The number of nitrogens with zero attached hydrogens (tertiary/aromatic N) is 2. The monoisotopic (exact) mass is 409 g/mol. The molecule has 10 heteroatoms. The highest BCUT2D eigenvalue weighted by Gasteiger charge is 2.42. The SMILES string of the molecule is O=C(O)c1cn([C@@H]2C[C@@H]2F)c2c(F)c(N3C[C@@H]4NCCO[C@@H]4C3)c(F)cc2c1=O. The van der Waals surface area contributed by atoms with Crippen LogP contribution in [0, 0.1) is 11.6 Å². The topological polar surface area (TPSA) is 83.8 Å². The fraction of sp³-hybridized carbons (Fsp3) is 0.474. The molecule has 1 aromatic heterocycles. The number of hydrogen-bond acceptors (Lipinski definition) is 5. The molecule has 0 spiro atoms. The molecule has 3 aliphatic rings. The lowest BCUT2D eigenvalue weighted by molar-refractivity contribution is 0.0212. The summed E-state index contributed by atoms with van der Waals surface area (Å²) in [6.07, 6.45) is -0.457. The first-order valence-corrected chi connectivity index (χ1v) is 9.41. The molecule has 3 heterocycles. The smallest absolute Gasteiger partial charge is 0.341 e. The van der Waals surface area contributed by atoms with Gasteiger partial charge in [0.1, 0.15) is 23.2 Å². The number of benzene rings is 1. The lowest BCUT2D eigenvalue weighted by Crippen LogP contribution is -2.47. The van der Waals surface area contributed by atoms with Crippen molar-refractivity contribution in [2.75, 3.05) is 31.1 Å². The highest BCUT2D eigenvalue weighted by molar-refractivity contribution is 5.94. The van der Waals surface area contributed by atoms with Crippen LogP contribution < -0.4 is 15.6 Å². The van der Waals surface area contributed by atoms with Crippen LogP contribution in [0.4, 0.5) is 18.9 Å². The summed E-state index contributed by atoms with van der Waals surface area (Å²) >= 11 is 0. The van der Waals surface area contributed by atoms with Crippen LogP contribution >= 0.6 is 0 Å². The summed E-state index contributed by atoms with van der Waals surface area (Å²) in [7, 11) is 0. The average Bonchev–Trinajstić information content (AvgIpc) is 3.24. The first-order valence-electron chi connectivity index (χ1n) is 9.41. The van der Waals surface area contributed by atoms with E-state index in [0.29, 0.717) is 19.7 Å². The van der Waals surface area contributed by atoms with Crippen LogP contribution in [0.5, 0.6) is 0 Å². The molecule has 0 radical (unpaired) electrons. The Bertz CT molecular complexity index is 1070. The molecule has 1 saturated carbocycles. The Labute approximate surface area is 162 Å². The second-order valence-corrected chi connectivity index (χ2v) is 7.70. The van der Waals surface area contributed by atoms with Crippen LogP contribution in [0.25, 0.3) is 10.9 Å². The minimum absolute atomic E-state index is 0.0755. The molecule has 2 aliphatic heterocycles. The summed E-state index contributed by atoms with van der Waals surface area (Å²) in [5.74, 6) is -3.49. The van der Waals surface area contributed by atoms with E-state index in [1.54, 1.807) is 0 Å². The van der Waals surface area contributed by atoms with Crippen molar-refractivity contribution in [3.63, 3.8) is 0 Å². The number of aromatic nitrogens is 1. The third kappa shape index (κ3) is 2.81. The fourth-order valence-electron chi connectivity index (χ4n) is 4.35. The molecule has 2 N–H and O–H groups in total. The highest BCUT2D eigenvalue weighted by Crippen LogP contribution is 2.42.